The van der Waals surface area contributed by atoms with Gasteiger partial charge in [-0.3, -0.25) is 19.2 Å². The SMILES string of the molecule is CC(=O)Nc1c(I)c(C(=O)O)c(I)c(C(=O)N[C@@H](CCCC(N)C(C)=O)C(N)=O)c1I. The minimum Gasteiger partial charge on any atom is -0.478 e. The van der Waals surface area contributed by atoms with Gasteiger partial charge in [-0.2, -0.15) is 0 Å². The van der Waals surface area contributed by atoms with Gasteiger partial charge < -0.3 is 27.2 Å². The quantitative estimate of drug-likeness (QED) is 0.225. The average Bonchev–Trinajstić information content (AvgIpc) is 2.63. The van der Waals surface area contributed by atoms with E-state index >= 15 is 0 Å². The van der Waals surface area contributed by atoms with E-state index in [2.05, 4.69) is 10.6 Å². The molecule has 0 aliphatic heterocycles. The Morgan fingerprint density at radius 1 is 0.968 bits per heavy atom. The number of anilines is 1. The molecular formula is C18H21I3N4O6. The zero-order valence-corrected chi connectivity index (χ0v) is 23.0. The zero-order chi connectivity index (χ0) is 24.0. The maximum Gasteiger partial charge on any atom is 0.337 e. The second-order valence-electron chi connectivity index (χ2n) is 6.63. The summed E-state index contributed by atoms with van der Waals surface area (Å²) < 4.78 is 0.758. The predicted molar refractivity (Wildman–Crippen MR) is 139 cm³/mol. The number of carbonyl (C=O) groups is 5. The zero-order valence-electron chi connectivity index (χ0n) is 16.6. The Labute approximate surface area is 219 Å². The summed E-state index contributed by atoms with van der Waals surface area (Å²) in [7, 11) is 0. The fraction of sp³-hybridized carbons (Fsp3) is 0.389. The predicted octanol–water partition coefficient (Wildman–Crippen LogP) is 1.83. The van der Waals surface area contributed by atoms with Crippen LogP contribution in [0.5, 0.6) is 0 Å². The third kappa shape index (κ3) is 7.48. The number of carbonyl (C=O) groups excluding carboxylic acids is 4. The number of halogens is 3. The number of hydrogen-bond acceptors (Lipinski definition) is 6. The lowest BCUT2D eigenvalue weighted by atomic mass is 10.0. The molecule has 0 bridgehead atoms. The Kier molecular flexibility index (Phi) is 11.0. The standard InChI is InChI=1S/C18H21I3N4O6/c1-6(26)8(22)4-3-5-9(16(23)28)25-17(29)10-12(19)11(18(30)31)14(21)15(13(10)20)24-7(2)27/h8-9H,3-5,22H2,1-2H3,(H2,23,28)(H,24,27)(H,25,29)(H,30,31)/t8?,9-/m0/s1. The topological polar surface area (TPSA) is 182 Å². The summed E-state index contributed by atoms with van der Waals surface area (Å²) in [6.07, 6.45) is 0.848. The molecule has 3 amide bonds. The van der Waals surface area contributed by atoms with Gasteiger partial charge in [-0.1, -0.05) is 0 Å². The number of nitrogens with one attached hydrogen (secondary N) is 2. The molecule has 0 radical (unpaired) electrons. The Hall–Kier alpha value is -1.08. The molecule has 0 aliphatic carbocycles. The third-order valence-electron chi connectivity index (χ3n) is 4.24. The largest absolute Gasteiger partial charge is 0.478 e. The first-order valence-electron chi connectivity index (χ1n) is 8.87. The van der Waals surface area contributed by atoms with Crippen molar-refractivity contribution >= 4 is 103 Å². The van der Waals surface area contributed by atoms with Crippen molar-refractivity contribution in [2.75, 3.05) is 5.32 Å². The molecule has 31 heavy (non-hydrogen) atoms. The number of carboxylic acid groups (broad SMARTS) is 1. The molecule has 0 saturated carbocycles. The first-order valence-corrected chi connectivity index (χ1v) is 12.1. The van der Waals surface area contributed by atoms with E-state index in [4.69, 9.17) is 11.5 Å². The highest BCUT2D eigenvalue weighted by Crippen LogP contribution is 2.35. The monoisotopic (exact) mass is 770 g/mol. The lowest BCUT2D eigenvalue weighted by Crippen LogP contribution is -2.45. The average molecular weight is 770 g/mol. The molecule has 0 aromatic heterocycles. The summed E-state index contributed by atoms with van der Waals surface area (Å²) in [5.41, 5.74) is 11.1. The number of ketones is 1. The first-order chi connectivity index (χ1) is 14.3. The smallest absolute Gasteiger partial charge is 0.337 e. The van der Waals surface area contributed by atoms with E-state index in [1.165, 1.54) is 13.8 Å². The number of primary amides is 1. The normalized spacial score (nSPS) is 12.6. The maximum absolute atomic E-state index is 13.0. The van der Waals surface area contributed by atoms with Gasteiger partial charge in [0.25, 0.3) is 5.91 Å². The summed E-state index contributed by atoms with van der Waals surface area (Å²) in [5.74, 6) is -3.37. The molecule has 0 aliphatic rings. The molecule has 7 N–H and O–H groups in total. The van der Waals surface area contributed by atoms with Crippen LogP contribution >= 0.6 is 67.8 Å². The molecule has 0 heterocycles. The summed E-state index contributed by atoms with van der Waals surface area (Å²) in [6.45, 7) is 2.63. The van der Waals surface area contributed by atoms with Gasteiger partial charge in [0, 0.05) is 10.5 Å². The Balaban J connectivity index is 3.29. The van der Waals surface area contributed by atoms with Crippen molar-refractivity contribution < 1.29 is 29.1 Å². The minimum atomic E-state index is -1.27. The second kappa shape index (κ2) is 12.2. The van der Waals surface area contributed by atoms with E-state index in [1.807, 2.05) is 22.6 Å². The van der Waals surface area contributed by atoms with Crippen LogP contribution in [0.3, 0.4) is 0 Å². The Morgan fingerprint density at radius 3 is 1.97 bits per heavy atom. The minimum absolute atomic E-state index is 0.00875. The van der Waals surface area contributed by atoms with Crippen LogP contribution in [-0.4, -0.2) is 46.7 Å². The van der Waals surface area contributed by atoms with E-state index in [-0.39, 0.29) is 36.2 Å². The first kappa shape index (κ1) is 28.0. The van der Waals surface area contributed by atoms with Gasteiger partial charge in [0.2, 0.25) is 11.8 Å². The van der Waals surface area contributed by atoms with Crippen molar-refractivity contribution in [1.29, 1.82) is 0 Å². The fourth-order valence-electron chi connectivity index (χ4n) is 2.60. The number of carboxylic acids is 1. The molecule has 13 heteroatoms. The summed E-state index contributed by atoms with van der Waals surface area (Å²) in [6, 6.07) is -1.71. The van der Waals surface area contributed by atoms with Crippen molar-refractivity contribution in [3.05, 3.63) is 21.8 Å². The van der Waals surface area contributed by atoms with Crippen molar-refractivity contribution in [3.8, 4) is 0 Å². The molecule has 170 valence electrons. The lowest BCUT2D eigenvalue weighted by molar-refractivity contribution is -0.120. The highest BCUT2D eigenvalue weighted by Gasteiger charge is 2.30. The fourth-order valence-corrected chi connectivity index (χ4v) is 6.99. The number of amides is 3. The molecule has 0 fully saturated rings. The van der Waals surface area contributed by atoms with Crippen molar-refractivity contribution in [2.45, 2.75) is 45.2 Å². The summed E-state index contributed by atoms with van der Waals surface area (Å²) >= 11 is 5.39. The van der Waals surface area contributed by atoms with Gasteiger partial charge >= 0.3 is 5.97 Å². The molecule has 1 aromatic rings. The Bertz CT molecular complexity index is 938. The van der Waals surface area contributed by atoms with Gasteiger partial charge in [-0.25, -0.2) is 4.79 Å². The van der Waals surface area contributed by atoms with Crippen molar-refractivity contribution in [1.82, 2.24) is 5.32 Å². The van der Waals surface area contributed by atoms with Crippen LogP contribution in [0, 0.1) is 10.7 Å². The van der Waals surface area contributed by atoms with E-state index in [0.29, 0.717) is 16.4 Å². The number of Topliss-reactive ketones (excluding diaryl/α,β-unsaturated/α-hetero) is 1. The van der Waals surface area contributed by atoms with Gasteiger partial charge in [-0.15, -0.1) is 0 Å². The summed E-state index contributed by atoms with van der Waals surface area (Å²) in [4.78, 5) is 59.5. The van der Waals surface area contributed by atoms with E-state index in [0.717, 1.165) is 0 Å². The second-order valence-corrected chi connectivity index (χ2v) is 9.87. The molecule has 0 spiro atoms. The number of benzene rings is 1. The highest BCUT2D eigenvalue weighted by molar-refractivity contribution is 14.1. The number of aromatic carboxylic acids is 1. The van der Waals surface area contributed by atoms with Crippen LogP contribution in [0.1, 0.15) is 53.8 Å². The van der Waals surface area contributed by atoms with Gasteiger partial charge in [-0.05, 0) is 94.0 Å². The van der Waals surface area contributed by atoms with Crippen LogP contribution in [-0.2, 0) is 14.4 Å². The maximum atomic E-state index is 13.0. The van der Waals surface area contributed by atoms with Gasteiger partial charge in [0.15, 0.2) is 0 Å². The third-order valence-corrected chi connectivity index (χ3v) is 7.47. The number of rotatable bonds is 10. The lowest BCUT2D eigenvalue weighted by Gasteiger charge is -2.20. The molecule has 1 unspecified atom stereocenters. The van der Waals surface area contributed by atoms with Crippen LogP contribution in [0.4, 0.5) is 5.69 Å². The van der Waals surface area contributed by atoms with Crippen LogP contribution in [0.2, 0.25) is 0 Å². The molecular weight excluding hydrogens is 749 g/mol. The van der Waals surface area contributed by atoms with E-state index < -0.39 is 35.8 Å². The molecule has 2 atom stereocenters. The Morgan fingerprint density at radius 2 is 1.52 bits per heavy atom. The molecule has 10 nitrogen and oxygen atoms in total. The summed E-state index contributed by atoms with van der Waals surface area (Å²) in [5, 5.41) is 14.7. The number of hydrogen-bond donors (Lipinski definition) is 5. The van der Waals surface area contributed by atoms with E-state index in [9.17, 15) is 29.1 Å². The molecule has 0 saturated heterocycles. The highest BCUT2D eigenvalue weighted by atomic mass is 127. The molecule has 1 rings (SSSR count). The van der Waals surface area contributed by atoms with Crippen molar-refractivity contribution in [3.63, 3.8) is 0 Å². The van der Waals surface area contributed by atoms with Crippen molar-refractivity contribution in [2.24, 2.45) is 11.5 Å². The van der Waals surface area contributed by atoms with Crippen LogP contribution in [0.25, 0.3) is 0 Å². The van der Waals surface area contributed by atoms with Gasteiger partial charge in [0.05, 0.1) is 30.0 Å². The van der Waals surface area contributed by atoms with Crippen LogP contribution < -0.4 is 22.1 Å². The molecule has 1 aromatic carbocycles. The van der Waals surface area contributed by atoms with Crippen LogP contribution in [0.15, 0.2) is 0 Å². The van der Waals surface area contributed by atoms with Gasteiger partial charge in [0.1, 0.15) is 11.8 Å². The van der Waals surface area contributed by atoms with E-state index in [1.54, 1.807) is 45.2 Å². The number of nitrogens with two attached hydrogens (primary N) is 2.